The van der Waals surface area contributed by atoms with Crippen LogP contribution in [0.2, 0.25) is 0 Å². The smallest absolute Gasteiger partial charge is 0.309 e. The fraction of sp³-hybridized carbons (Fsp3) is 0.722. The van der Waals surface area contributed by atoms with Gasteiger partial charge in [0, 0.05) is 32.9 Å². The Morgan fingerprint density at radius 1 is 1.29 bits per heavy atom. The van der Waals surface area contributed by atoms with Crippen LogP contribution in [0.25, 0.3) is 0 Å². The molecule has 0 radical (unpaired) electrons. The first kappa shape index (κ1) is 22.4. The third-order valence-corrected chi connectivity index (χ3v) is 6.59. The van der Waals surface area contributed by atoms with Gasteiger partial charge < -0.3 is 14.6 Å². The molecule has 0 spiro atoms. The summed E-state index contributed by atoms with van der Waals surface area (Å²) in [6, 6.07) is 0. The maximum absolute atomic E-state index is 12.7. The molecule has 0 aromatic carbocycles. The van der Waals surface area contributed by atoms with Gasteiger partial charge in [-0.1, -0.05) is 13.8 Å². The van der Waals surface area contributed by atoms with Gasteiger partial charge in [-0.05, 0) is 32.6 Å². The summed E-state index contributed by atoms with van der Waals surface area (Å²) in [4.78, 5) is 28.4. The van der Waals surface area contributed by atoms with Crippen molar-refractivity contribution < 1.29 is 22.7 Å². The van der Waals surface area contributed by atoms with Crippen molar-refractivity contribution in [3.05, 3.63) is 12.0 Å². The van der Waals surface area contributed by atoms with Gasteiger partial charge in [0.25, 0.3) is 15.9 Å². The van der Waals surface area contributed by atoms with E-state index < -0.39 is 28.0 Å². The minimum atomic E-state index is -3.68. The van der Waals surface area contributed by atoms with E-state index in [9.17, 15) is 18.0 Å². The third-order valence-electron chi connectivity index (χ3n) is 4.82. The van der Waals surface area contributed by atoms with Crippen molar-refractivity contribution in [2.45, 2.75) is 51.7 Å². The van der Waals surface area contributed by atoms with Gasteiger partial charge in [0.2, 0.25) is 0 Å². The maximum atomic E-state index is 12.7. The van der Waals surface area contributed by atoms with Crippen LogP contribution in [0.1, 0.15) is 39.4 Å². The van der Waals surface area contributed by atoms with E-state index in [4.69, 9.17) is 4.74 Å². The molecule has 10 heteroatoms. The van der Waals surface area contributed by atoms with Crippen molar-refractivity contribution in [2.75, 3.05) is 19.6 Å². The lowest BCUT2D eigenvalue weighted by Crippen LogP contribution is -2.43. The largest absolute Gasteiger partial charge is 0.452 e. The first-order chi connectivity index (χ1) is 13.0. The van der Waals surface area contributed by atoms with Crippen molar-refractivity contribution >= 4 is 21.9 Å². The zero-order chi connectivity index (χ0) is 21.1. The molecule has 1 aliphatic heterocycles. The van der Waals surface area contributed by atoms with Crippen molar-refractivity contribution in [1.29, 1.82) is 0 Å². The Balaban J connectivity index is 1.89. The Morgan fingerprint density at radius 3 is 2.39 bits per heavy atom. The SMILES string of the molecule is Cc1nc(S(=O)(=O)N2CCC(C(=O)O[C@@H](C)C(=O)NCC(C)C)CC2)cn1C. The Kier molecular flexibility index (Phi) is 7.22. The van der Waals surface area contributed by atoms with Crippen LogP contribution in [0.3, 0.4) is 0 Å². The van der Waals surface area contributed by atoms with Gasteiger partial charge in [-0.3, -0.25) is 9.59 Å². The second-order valence-electron chi connectivity index (χ2n) is 7.63. The molecule has 1 amide bonds. The minimum Gasteiger partial charge on any atom is -0.452 e. The molecule has 0 aliphatic carbocycles. The van der Waals surface area contributed by atoms with Crippen LogP contribution in [0.5, 0.6) is 0 Å². The highest BCUT2D eigenvalue weighted by Crippen LogP contribution is 2.24. The van der Waals surface area contributed by atoms with E-state index in [1.54, 1.807) is 18.5 Å². The van der Waals surface area contributed by atoms with Crippen molar-refractivity contribution in [3.63, 3.8) is 0 Å². The summed E-state index contributed by atoms with van der Waals surface area (Å²) in [5.74, 6) is -0.287. The van der Waals surface area contributed by atoms with Crippen LogP contribution in [0, 0.1) is 18.8 Å². The number of amides is 1. The molecule has 0 unspecified atom stereocenters. The molecule has 9 nitrogen and oxygen atoms in total. The van der Waals surface area contributed by atoms with E-state index in [-0.39, 0.29) is 24.0 Å². The molecule has 1 aromatic rings. The van der Waals surface area contributed by atoms with Crippen LogP contribution < -0.4 is 5.32 Å². The Hall–Kier alpha value is -1.94. The van der Waals surface area contributed by atoms with Crippen molar-refractivity contribution in [1.82, 2.24) is 19.2 Å². The number of piperidine rings is 1. The molecule has 0 bridgehead atoms. The minimum absolute atomic E-state index is 0.0176. The number of carbonyl (C=O) groups is 2. The fourth-order valence-electron chi connectivity index (χ4n) is 2.89. The molecule has 1 aromatic heterocycles. The Labute approximate surface area is 166 Å². The molecule has 2 heterocycles. The summed E-state index contributed by atoms with van der Waals surface area (Å²) in [6.45, 7) is 8.17. The molecule has 158 valence electrons. The van der Waals surface area contributed by atoms with Crippen LogP contribution in [0.4, 0.5) is 0 Å². The predicted octanol–water partition coefficient (Wildman–Crippen LogP) is 0.833. The van der Waals surface area contributed by atoms with Gasteiger partial charge in [-0.2, -0.15) is 4.31 Å². The van der Waals surface area contributed by atoms with E-state index in [0.29, 0.717) is 31.1 Å². The summed E-state index contributed by atoms with van der Waals surface area (Å²) in [7, 11) is -1.94. The molecule has 1 atom stereocenters. The first-order valence-electron chi connectivity index (χ1n) is 9.50. The van der Waals surface area contributed by atoms with Crippen molar-refractivity contribution in [3.8, 4) is 0 Å². The zero-order valence-electron chi connectivity index (χ0n) is 17.1. The molecule has 1 saturated heterocycles. The van der Waals surface area contributed by atoms with E-state index in [0.717, 1.165) is 0 Å². The van der Waals surface area contributed by atoms with Gasteiger partial charge in [0.05, 0.1) is 5.92 Å². The highest BCUT2D eigenvalue weighted by Gasteiger charge is 2.35. The summed E-state index contributed by atoms with van der Waals surface area (Å²) < 4.78 is 33.7. The number of nitrogens with one attached hydrogen (secondary N) is 1. The lowest BCUT2D eigenvalue weighted by molar-refractivity contribution is -0.159. The van der Waals surface area contributed by atoms with E-state index in [2.05, 4.69) is 10.3 Å². The topological polar surface area (TPSA) is 111 Å². The highest BCUT2D eigenvalue weighted by atomic mass is 32.2. The van der Waals surface area contributed by atoms with Gasteiger partial charge >= 0.3 is 5.97 Å². The van der Waals surface area contributed by atoms with Gasteiger partial charge in [-0.15, -0.1) is 0 Å². The first-order valence-corrected chi connectivity index (χ1v) is 10.9. The van der Waals surface area contributed by atoms with Gasteiger partial charge in [0.1, 0.15) is 5.82 Å². The Bertz CT molecular complexity index is 790. The second-order valence-corrected chi connectivity index (χ2v) is 9.52. The maximum Gasteiger partial charge on any atom is 0.309 e. The average molecular weight is 415 g/mol. The van der Waals surface area contributed by atoms with Crippen LogP contribution in [-0.4, -0.2) is 59.9 Å². The lowest BCUT2D eigenvalue weighted by Gasteiger charge is -2.30. The predicted molar refractivity (Wildman–Crippen MR) is 103 cm³/mol. The number of ether oxygens (including phenoxy) is 1. The number of esters is 1. The molecule has 28 heavy (non-hydrogen) atoms. The van der Waals surface area contributed by atoms with Crippen LogP contribution in [0.15, 0.2) is 11.2 Å². The molecule has 1 N–H and O–H groups in total. The molecule has 2 rings (SSSR count). The number of aryl methyl sites for hydroxylation is 2. The highest BCUT2D eigenvalue weighted by molar-refractivity contribution is 7.89. The average Bonchev–Trinajstić information content (AvgIpc) is 2.99. The summed E-state index contributed by atoms with van der Waals surface area (Å²) in [5, 5.41) is 2.75. The molecular formula is C18H30N4O5S. The van der Waals surface area contributed by atoms with Crippen molar-refractivity contribution in [2.24, 2.45) is 18.9 Å². The lowest BCUT2D eigenvalue weighted by atomic mass is 9.98. The molecule has 1 fully saturated rings. The summed E-state index contributed by atoms with van der Waals surface area (Å²) in [6.07, 6.45) is 1.32. The normalized spacial score (nSPS) is 17.5. The van der Waals surface area contributed by atoms with Crippen LogP contribution >= 0.6 is 0 Å². The van der Waals surface area contributed by atoms with Gasteiger partial charge in [0.15, 0.2) is 11.1 Å². The number of sulfonamides is 1. The number of rotatable bonds is 7. The number of nitrogens with zero attached hydrogens (tertiary/aromatic N) is 3. The van der Waals surface area contributed by atoms with E-state index >= 15 is 0 Å². The number of aromatic nitrogens is 2. The van der Waals surface area contributed by atoms with Gasteiger partial charge in [-0.25, -0.2) is 13.4 Å². The number of hydrogen-bond donors (Lipinski definition) is 1. The zero-order valence-corrected chi connectivity index (χ0v) is 18.0. The third kappa shape index (κ3) is 5.32. The number of hydrogen-bond acceptors (Lipinski definition) is 6. The molecule has 1 aliphatic rings. The van der Waals surface area contributed by atoms with E-state index in [1.165, 1.54) is 17.4 Å². The fourth-order valence-corrected chi connectivity index (χ4v) is 4.38. The summed E-state index contributed by atoms with van der Waals surface area (Å²) in [5.41, 5.74) is 0. The summed E-state index contributed by atoms with van der Waals surface area (Å²) >= 11 is 0. The number of imidazole rings is 1. The second kappa shape index (κ2) is 9.04. The monoisotopic (exact) mass is 414 g/mol. The van der Waals surface area contributed by atoms with Crippen LogP contribution in [-0.2, 0) is 31.4 Å². The Morgan fingerprint density at radius 2 is 1.89 bits per heavy atom. The molecule has 0 saturated carbocycles. The standard InChI is InChI=1S/C18H30N4O5S/c1-12(2)10-19-17(23)13(3)27-18(24)15-6-8-22(9-7-15)28(25,26)16-11-21(5)14(4)20-16/h11-13,15H,6-10H2,1-5H3,(H,19,23)/t13-/m0/s1. The number of carbonyl (C=O) groups excluding carboxylic acids is 2. The molecular weight excluding hydrogens is 384 g/mol. The quantitative estimate of drug-likeness (QED) is 0.662. The van der Waals surface area contributed by atoms with E-state index in [1.807, 2.05) is 13.8 Å².